The summed E-state index contributed by atoms with van der Waals surface area (Å²) >= 11 is 0. The molecule has 4 N–H and O–H groups in total. The fraction of sp³-hybridized carbons (Fsp3) is 0.429. The average molecular weight is 264 g/mol. The molecule has 5 heteroatoms. The standard InChI is InChI=1S/C14H20N2O3/c1-3-14(2,15)13(19)16-8-7-10-5-4-6-11(9-10)12(17)18/h4-6,9H,3,7-8,15H2,1-2H3,(H,16,19)(H,17,18). The van der Waals surface area contributed by atoms with Crippen LogP contribution in [0.15, 0.2) is 24.3 Å². The number of nitrogens with two attached hydrogens (primary N) is 1. The molecule has 0 aliphatic rings. The lowest BCUT2D eigenvalue weighted by Gasteiger charge is -2.21. The van der Waals surface area contributed by atoms with Crippen LogP contribution in [0.3, 0.4) is 0 Å². The molecule has 0 aromatic heterocycles. The van der Waals surface area contributed by atoms with Gasteiger partial charge in [-0.05, 0) is 37.5 Å². The van der Waals surface area contributed by atoms with Gasteiger partial charge in [0.2, 0.25) is 5.91 Å². The van der Waals surface area contributed by atoms with Gasteiger partial charge in [0.25, 0.3) is 0 Å². The topological polar surface area (TPSA) is 92.4 Å². The van der Waals surface area contributed by atoms with E-state index >= 15 is 0 Å². The van der Waals surface area contributed by atoms with Crippen molar-refractivity contribution in [2.75, 3.05) is 6.54 Å². The van der Waals surface area contributed by atoms with E-state index in [1.54, 1.807) is 25.1 Å². The van der Waals surface area contributed by atoms with Crippen LogP contribution in [0, 0.1) is 0 Å². The van der Waals surface area contributed by atoms with Crippen LogP contribution in [0.25, 0.3) is 0 Å². The number of hydrogen-bond acceptors (Lipinski definition) is 3. The number of hydrogen-bond donors (Lipinski definition) is 3. The van der Waals surface area contributed by atoms with Gasteiger partial charge in [-0.15, -0.1) is 0 Å². The van der Waals surface area contributed by atoms with Crippen molar-refractivity contribution >= 4 is 11.9 Å². The van der Waals surface area contributed by atoms with Gasteiger partial charge in [0.15, 0.2) is 0 Å². The summed E-state index contributed by atoms with van der Waals surface area (Å²) in [4.78, 5) is 22.6. The van der Waals surface area contributed by atoms with E-state index in [1.807, 2.05) is 13.0 Å². The number of carbonyl (C=O) groups excluding carboxylic acids is 1. The number of carboxylic acid groups (broad SMARTS) is 1. The molecule has 1 unspecified atom stereocenters. The summed E-state index contributed by atoms with van der Waals surface area (Å²) in [6.07, 6.45) is 1.14. The molecule has 0 fully saturated rings. The van der Waals surface area contributed by atoms with Crippen molar-refractivity contribution < 1.29 is 14.7 Å². The van der Waals surface area contributed by atoms with Crippen molar-refractivity contribution in [1.82, 2.24) is 5.32 Å². The first-order valence-electron chi connectivity index (χ1n) is 6.26. The number of nitrogens with one attached hydrogen (secondary N) is 1. The second-order valence-corrected chi connectivity index (χ2v) is 4.78. The van der Waals surface area contributed by atoms with Crippen molar-refractivity contribution in [1.29, 1.82) is 0 Å². The third-order valence-corrected chi connectivity index (χ3v) is 3.13. The molecule has 0 saturated carbocycles. The van der Waals surface area contributed by atoms with E-state index in [9.17, 15) is 9.59 Å². The monoisotopic (exact) mass is 264 g/mol. The predicted octanol–water partition coefficient (Wildman–Crippen LogP) is 1.17. The van der Waals surface area contributed by atoms with Gasteiger partial charge in [0.05, 0.1) is 11.1 Å². The number of benzene rings is 1. The van der Waals surface area contributed by atoms with E-state index in [4.69, 9.17) is 10.8 Å². The highest BCUT2D eigenvalue weighted by Crippen LogP contribution is 2.07. The zero-order valence-corrected chi connectivity index (χ0v) is 11.3. The van der Waals surface area contributed by atoms with Crippen LogP contribution in [0.4, 0.5) is 0 Å². The molecule has 0 aliphatic carbocycles. The highest BCUT2D eigenvalue weighted by atomic mass is 16.4. The Kier molecular flexibility index (Phi) is 5.06. The number of aromatic carboxylic acids is 1. The Bertz CT molecular complexity index is 470. The van der Waals surface area contributed by atoms with E-state index in [1.165, 1.54) is 0 Å². The second-order valence-electron chi connectivity index (χ2n) is 4.78. The first-order chi connectivity index (χ1) is 8.86. The Hall–Kier alpha value is -1.88. The average Bonchev–Trinajstić information content (AvgIpc) is 2.38. The number of amides is 1. The van der Waals surface area contributed by atoms with Crippen LogP contribution >= 0.6 is 0 Å². The molecule has 0 spiro atoms. The second kappa shape index (κ2) is 6.33. The molecule has 1 amide bonds. The molecule has 0 bridgehead atoms. The maximum atomic E-state index is 11.7. The van der Waals surface area contributed by atoms with Crippen LogP contribution in [-0.4, -0.2) is 29.1 Å². The lowest BCUT2D eigenvalue weighted by Crippen LogP contribution is -2.51. The molecule has 1 atom stereocenters. The largest absolute Gasteiger partial charge is 0.478 e. The molecule has 0 saturated heterocycles. The van der Waals surface area contributed by atoms with Crippen molar-refractivity contribution in [3.8, 4) is 0 Å². The molecule has 0 aliphatic heterocycles. The van der Waals surface area contributed by atoms with Crippen LogP contribution in [0.5, 0.6) is 0 Å². The Morgan fingerprint density at radius 3 is 2.68 bits per heavy atom. The Morgan fingerprint density at radius 2 is 2.11 bits per heavy atom. The van der Waals surface area contributed by atoms with Gasteiger partial charge in [-0.25, -0.2) is 4.79 Å². The van der Waals surface area contributed by atoms with Crippen LogP contribution in [0.1, 0.15) is 36.2 Å². The fourth-order valence-electron chi connectivity index (χ4n) is 1.54. The first kappa shape index (κ1) is 15.2. The summed E-state index contributed by atoms with van der Waals surface area (Å²) in [5, 5.41) is 11.6. The smallest absolute Gasteiger partial charge is 0.335 e. The van der Waals surface area contributed by atoms with Crippen molar-refractivity contribution in [3.63, 3.8) is 0 Å². The highest BCUT2D eigenvalue weighted by Gasteiger charge is 2.25. The zero-order valence-electron chi connectivity index (χ0n) is 11.3. The van der Waals surface area contributed by atoms with Crippen molar-refractivity contribution in [2.45, 2.75) is 32.2 Å². The molecule has 1 rings (SSSR count). The molecule has 5 nitrogen and oxygen atoms in total. The minimum Gasteiger partial charge on any atom is -0.478 e. The summed E-state index contributed by atoms with van der Waals surface area (Å²) in [7, 11) is 0. The molecule has 0 radical (unpaired) electrons. The number of carbonyl (C=O) groups is 2. The lowest BCUT2D eigenvalue weighted by molar-refractivity contribution is -0.125. The highest BCUT2D eigenvalue weighted by molar-refractivity contribution is 5.87. The van der Waals surface area contributed by atoms with Gasteiger partial charge in [-0.1, -0.05) is 19.1 Å². The lowest BCUT2D eigenvalue weighted by atomic mass is 9.99. The molecule has 104 valence electrons. The summed E-state index contributed by atoms with van der Waals surface area (Å²) in [5.74, 6) is -1.14. The van der Waals surface area contributed by atoms with Crippen LogP contribution < -0.4 is 11.1 Å². The maximum absolute atomic E-state index is 11.7. The Balaban J connectivity index is 2.52. The minimum atomic E-state index is -0.952. The van der Waals surface area contributed by atoms with E-state index in [2.05, 4.69) is 5.32 Å². The van der Waals surface area contributed by atoms with Crippen molar-refractivity contribution in [3.05, 3.63) is 35.4 Å². The predicted molar refractivity (Wildman–Crippen MR) is 73.0 cm³/mol. The Morgan fingerprint density at radius 1 is 1.42 bits per heavy atom. The van der Waals surface area contributed by atoms with E-state index in [0.717, 1.165) is 5.56 Å². The maximum Gasteiger partial charge on any atom is 0.335 e. The van der Waals surface area contributed by atoms with Gasteiger partial charge in [-0.3, -0.25) is 4.79 Å². The SMILES string of the molecule is CCC(C)(N)C(=O)NCCc1cccc(C(=O)O)c1. The Labute approximate surface area is 112 Å². The molecular weight excluding hydrogens is 244 g/mol. The summed E-state index contributed by atoms with van der Waals surface area (Å²) in [6.45, 7) is 3.98. The van der Waals surface area contributed by atoms with Gasteiger partial charge >= 0.3 is 5.97 Å². The van der Waals surface area contributed by atoms with Gasteiger partial charge < -0.3 is 16.2 Å². The molecule has 1 aromatic carbocycles. The van der Waals surface area contributed by atoms with E-state index in [0.29, 0.717) is 19.4 Å². The molecule has 0 heterocycles. The summed E-state index contributed by atoms with van der Waals surface area (Å²) < 4.78 is 0. The minimum absolute atomic E-state index is 0.190. The first-order valence-corrected chi connectivity index (χ1v) is 6.26. The quantitative estimate of drug-likeness (QED) is 0.719. The van der Waals surface area contributed by atoms with E-state index in [-0.39, 0.29) is 11.5 Å². The summed E-state index contributed by atoms with van der Waals surface area (Å²) in [6, 6.07) is 6.67. The molecular formula is C14H20N2O3. The summed E-state index contributed by atoms with van der Waals surface area (Å²) in [5.41, 5.74) is 6.08. The van der Waals surface area contributed by atoms with Gasteiger partial charge in [0.1, 0.15) is 0 Å². The van der Waals surface area contributed by atoms with Crippen LogP contribution in [0.2, 0.25) is 0 Å². The zero-order chi connectivity index (χ0) is 14.5. The molecule has 1 aromatic rings. The van der Waals surface area contributed by atoms with Gasteiger partial charge in [0, 0.05) is 6.54 Å². The number of carboxylic acids is 1. The third kappa shape index (κ3) is 4.37. The number of rotatable bonds is 6. The fourth-order valence-corrected chi connectivity index (χ4v) is 1.54. The van der Waals surface area contributed by atoms with Crippen molar-refractivity contribution in [2.24, 2.45) is 5.73 Å². The third-order valence-electron chi connectivity index (χ3n) is 3.13. The molecule has 19 heavy (non-hydrogen) atoms. The van der Waals surface area contributed by atoms with Crippen LogP contribution in [-0.2, 0) is 11.2 Å². The van der Waals surface area contributed by atoms with Gasteiger partial charge in [-0.2, -0.15) is 0 Å². The normalized spacial score (nSPS) is 13.6. The van der Waals surface area contributed by atoms with E-state index < -0.39 is 11.5 Å².